The molecule has 1 saturated carbocycles. The molecule has 2 rings (SSSR count). The van der Waals surface area contributed by atoms with E-state index in [0.29, 0.717) is 10.8 Å². The highest BCUT2D eigenvalue weighted by molar-refractivity contribution is 5.14. The fourth-order valence-corrected chi connectivity index (χ4v) is 3.82. The maximum Gasteiger partial charge on any atom is 0.00133 e. The second-order valence-electron chi connectivity index (χ2n) is 6.35. The molecule has 0 aromatic rings. The zero-order valence-corrected chi connectivity index (χ0v) is 10.8. The minimum atomic E-state index is 0.568. The number of nitrogens with one attached hydrogen (secondary N) is 1. The highest BCUT2D eigenvalue weighted by Gasteiger charge is 2.64. The zero-order chi connectivity index (χ0) is 11.1. The lowest BCUT2D eigenvalue weighted by Crippen LogP contribution is -2.41. The summed E-state index contributed by atoms with van der Waals surface area (Å²) in [6.07, 6.45) is 4.25. The molecule has 1 aliphatic heterocycles. The smallest absolute Gasteiger partial charge is 0.00133 e. The fraction of sp³-hybridized carbons (Fsp3) is 1.00. The van der Waals surface area contributed by atoms with E-state index in [1.165, 1.54) is 38.9 Å². The van der Waals surface area contributed by atoms with E-state index in [1.54, 1.807) is 0 Å². The van der Waals surface area contributed by atoms with Crippen molar-refractivity contribution in [2.45, 2.75) is 33.1 Å². The predicted octanol–water partition coefficient (Wildman–Crippen LogP) is 1.96. The van der Waals surface area contributed by atoms with Gasteiger partial charge in [-0.2, -0.15) is 0 Å². The molecular formula is C13H26N2. The molecule has 2 atom stereocenters. The molecule has 0 spiro atoms. The van der Waals surface area contributed by atoms with Crippen molar-refractivity contribution >= 4 is 0 Å². The summed E-state index contributed by atoms with van der Waals surface area (Å²) in [7, 11) is 4.37. The van der Waals surface area contributed by atoms with Crippen LogP contribution in [-0.2, 0) is 0 Å². The first-order valence-electron chi connectivity index (χ1n) is 6.35. The Hall–Kier alpha value is -0.0800. The summed E-state index contributed by atoms with van der Waals surface area (Å²) in [6, 6.07) is 0. The summed E-state index contributed by atoms with van der Waals surface area (Å²) in [4.78, 5) is 2.51. The average Bonchev–Trinajstić information content (AvgIpc) is 2.70. The second-order valence-corrected chi connectivity index (χ2v) is 6.35. The Bertz CT molecular complexity index is 237. The summed E-state index contributed by atoms with van der Waals surface area (Å²) in [5, 5.41) is 3.42. The van der Waals surface area contributed by atoms with Crippen molar-refractivity contribution in [1.29, 1.82) is 0 Å². The van der Waals surface area contributed by atoms with E-state index in [0.717, 1.165) is 5.92 Å². The van der Waals surface area contributed by atoms with Gasteiger partial charge in [0.25, 0.3) is 0 Å². The SMILES string of the molecule is CNCC1(C2CCCN(C)C2)CC1(C)C. The first-order chi connectivity index (χ1) is 7.02. The van der Waals surface area contributed by atoms with E-state index < -0.39 is 0 Å². The minimum absolute atomic E-state index is 0.568. The lowest BCUT2D eigenvalue weighted by atomic mass is 9.78. The van der Waals surface area contributed by atoms with E-state index in [-0.39, 0.29) is 0 Å². The van der Waals surface area contributed by atoms with Crippen molar-refractivity contribution in [1.82, 2.24) is 10.2 Å². The lowest BCUT2D eigenvalue weighted by Gasteiger charge is -2.37. The molecule has 0 radical (unpaired) electrons. The van der Waals surface area contributed by atoms with Gasteiger partial charge in [-0.1, -0.05) is 13.8 Å². The monoisotopic (exact) mass is 210 g/mol. The summed E-state index contributed by atoms with van der Waals surface area (Å²) in [6.45, 7) is 8.70. The Morgan fingerprint density at radius 2 is 2.07 bits per heavy atom. The molecule has 1 N–H and O–H groups in total. The highest BCUT2D eigenvalue weighted by atomic mass is 15.1. The Labute approximate surface area is 94.4 Å². The minimum Gasteiger partial charge on any atom is -0.319 e. The Morgan fingerprint density at radius 1 is 1.40 bits per heavy atom. The van der Waals surface area contributed by atoms with Crippen LogP contribution in [0.15, 0.2) is 0 Å². The lowest BCUT2D eigenvalue weighted by molar-refractivity contribution is 0.122. The zero-order valence-electron chi connectivity index (χ0n) is 10.8. The van der Waals surface area contributed by atoms with Crippen LogP contribution in [0.3, 0.4) is 0 Å². The molecule has 2 aliphatic rings. The van der Waals surface area contributed by atoms with Gasteiger partial charge in [0.05, 0.1) is 0 Å². The van der Waals surface area contributed by atoms with Gasteiger partial charge in [-0.25, -0.2) is 0 Å². The normalized spacial score (nSPS) is 40.4. The van der Waals surface area contributed by atoms with Gasteiger partial charge in [-0.3, -0.25) is 0 Å². The van der Waals surface area contributed by atoms with Crippen LogP contribution in [0.4, 0.5) is 0 Å². The van der Waals surface area contributed by atoms with Gasteiger partial charge in [-0.15, -0.1) is 0 Å². The highest BCUT2D eigenvalue weighted by Crippen LogP contribution is 2.68. The van der Waals surface area contributed by atoms with Crippen LogP contribution in [0.1, 0.15) is 33.1 Å². The third kappa shape index (κ3) is 1.83. The van der Waals surface area contributed by atoms with Crippen LogP contribution in [0.25, 0.3) is 0 Å². The van der Waals surface area contributed by atoms with Gasteiger partial charge >= 0.3 is 0 Å². The van der Waals surface area contributed by atoms with Gasteiger partial charge in [0.1, 0.15) is 0 Å². The van der Waals surface area contributed by atoms with Crippen molar-refractivity contribution in [3.8, 4) is 0 Å². The Kier molecular flexibility index (Phi) is 2.85. The molecular weight excluding hydrogens is 184 g/mol. The molecule has 1 saturated heterocycles. The molecule has 0 amide bonds. The second kappa shape index (κ2) is 3.74. The van der Waals surface area contributed by atoms with Crippen molar-refractivity contribution < 1.29 is 0 Å². The van der Waals surface area contributed by atoms with Crippen LogP contribution in [0.5, 0.6) is 0 Å². The molecule has 2 nitrogen and oxygen atoms in total. The largest absolute Gasteiger partial charge is 0.319 e. The maximum absolute atomic E-state index is 3.42. The summed E-state index contributed by atoms with van der Waals surface area (Å²) >= 11 is 0. The summed E-state index contributed by atoms with van der Waals surface area (Å²) < 4.78 is 0. The standard InChI is InChI=1S/C13H26N2/c1-12(2)9-13(12,10-14-3)11-6-5-7-15(4)8-11/h11,14H,5-10H2,1-4H3. The molecule has 2 unspecified atom stereocenters. The Balaban J connectivity index is 2.06. The van der Waals surface area contributed by atoms with Crippen molar-refractivity contribution in [2.75, 3.05) is 33.7 Å². The van der Waals surface area contributed by atoms with Crippen molar-refractivity contribution in [3.05, 3.63) is 0 Å². The van der Waals surface area contributed by atoms with Crippen molar-refractivity contribution in [3.63, 3.8) is 0 Å². The summed E-state index contributed by atoms with van der Waals surface area (Å²) in [5.41, 5.74) is 1.16. The average molecular weight is 210 g/mol. The van der Waals surface area contributed by atoms with Gasteiger partial charge < -0.3 is 10.2 Å². The molecule has 2 fully saturated rings. The molecule has 0 bridgehead atoms. The number of likely N-dealkylation sites (tertiary alicyclic amines) is 1. The number of hydrogen-bond donors (Lipinski definition) is 1. The van der Waals surface area contributed by atoms with Crippen molar-refractivity contribution in [2.24, 2.45) is 16.7 Å². The third-order valence-electron chi connectivity index (χ3n) is 4.88. The number of hydrogen-bond acceptors (Lipinski definition) is 2. The Morgan fingerprint density at radius 3 is 2.53 bits per heavy atom. The number of piperidine rings is 1. The molecule has 1 heterocycles. The van der Waals surface area contributed by atoms with Gasteiger partial charge in [0, 0.05) is 13.1 Å². The van der Waals surface area contributed by atoms with Gasteiger partial charge in [0.15, 0.2) is 0 Å². The van der Waals surface area contributed by atoms with Gasteiger partial charge in [0.2, 0.25) is 0 Å². The van der Waals surface area contributed by atoms with Crippen LogP contribution in [0, 0.1) is 16.7 Å². The van der Waals surface area contributed by atoms with Crippen LogP contribution < -0.4 is 5.32 Å². The third-order valence-corrected chi connectivity index (χ3v) is 4.88. The van der Waals surface area contributed by atoms with Crippen LogP contribution in [0.2, 0.25) is 0 Å². The number of nitrogens with zero attached hydrogens (tertiary/aromatic N) is 1. The molecule has 1 aliphatic carbocycles. The quantitative estimate of drug-likeness (QED) is 0.766. The maximum atomic E-state index is 3.42. The first kappa shape index (κ1) is 11.4. The van der Waals surface area contributed by atoms with E-state index >= 15 is 0 Å². The molecule has 0 aromatic heterocycles. The molecule has 15 heavy (non-hydrogen) atoms. The van der Waals surface area contributed by atoms with E-state index in [9.17, 15) is 0 Å². The molecule has 88 valence electrons. The summed E-state index contributed by atoms with van der Waals surface area (Å²) in [5.74, 6) is 0.915. The van der Waals surface area contributed by atoms with Gasteiger partial charge in [-0.05, 0) is 56.7 Å². The fourth-order valence-electron chi connectivity index (χ4n) is 3.82. The van der Waals surface area contributed by atoms with E-state index in [2.05, 4.69) is 38.2 Å². The van der Waals surface area contributed by atoms with Crippen LogP contribution >= 0.6 is 0 Å². The topological polar surface area (TPSA) is 15.3 Å². The van der Waals surface area contributed by atoms with E-state index in [4.69, 9.17) is 0 Å². The van der Waals surface area contributed by atoms with E-state index in [1.807, 2.05) is 0 Å². The number of rotatable bonds is 3. The molecule has 0 aromatic carbocycles. The predicted molar refractivity (Wildman–Crippen MR) is 65.0 cm³/mol. The first-order valence-corrected chi connectivity index (χ1v) is 6.35. The van der Waals surface area contributed by atoms with Crippen LogP contribution in [-0.4, -0.2) is 38.6 Å². The molecule has 2 heteroatoms.